The maximum atomic E-state index is 13.8. The predicted molar refractivity (Wildman–Crippen MR) is 111 cm³/mol. The molecule has 164 valence electrons. The highest BCUT2D eigenvalue weighted by molar-refractivity contribution is 6.14. The van der Waals surface area contributed by atoms with E-state index < -0.39 is 23.3 Å². The molecule has 0 aromatic heterocycles. The highest BCUT2D eigenvalue weighted by Gasteiger charge is 2.74. The fourth-order valence-electron chi connectivity index (χ4n) is 6.39. The molecule has 3 fully saturated rings. The largest absolute Gasteiger partial charge is 0.370 e. The van der Waals surface area contributed by atoms with Crippen molar-refractivity contribution in [3.63, 3.8) is 0 Å². The Kier molecular flexibility index (Phi) is 4.84. The summed E-state index contributed by atoms with van der Waals surface area (Å²) in [5, 5.41) is 4.79. The molecule has 0 unspecified atom stereocenters. The summed E-state index contributed by atoms with van der Waals surface area (Å²) < 4.78 is 0. The second-order valence-corrected chi connectivity index (χ2v) is 9.40. The van der Waals surface area contributed by atoms with Gasteiger partial charge in [-0.05, 0) is 18.9 Å². The van der Waals surface area contributed by atoms with Gasteiger partial charge in [-0.2, -0.15) is 0 Å². The Morgan fingerprint density at radius 3 is 2.52 bits per heavy atom. The molecule has 1 spiro atoms. The van der Waals surface area contributed by atoms with Crippen molar-refractivity contribution < 1.29 is 24.5 Å². The van der Waals surface area contributed by atoms with Gasteiger partial charge >= 0.3 is 0 Å². The van der Waals surface area contributed by atoms with E-state index in [2.05, 4.69) is 5.32 Å². The van der Waals surface area contributed by atoms with Gasteiger partial charge in [0.25, 0.3) is 5.91 Å². The standard InChI is InChI=1S/C23H28N4O4/c24-17(28)12-11-16-18-19(21(30)27(20(18)29)13-7-3-1-2-4-8-13)23(26-16)14-9-5-6-10-15(14)25-22(23)31/h5-6,9-10,13,16,18-19,26H,1-4,7-8,11-12H2,(H2,24,28)(H,25,31)/p+1/t16-,18+,19-,23+/m0/s1. The number of amides is 4. The van der Waals surface area contributed by atoms with Crippen molar-refractivity contribution in [3.05, 3.63) is 29.8 Å². The molecule has 1 aliphatic carbocycles. The van der Waals surface area contributed by atoms with Gasteiger partial charge in [0.15, 0.2) is 0 Å². The first-order chi connectivity index (χ1) is 14.9. The summed E-state index contributed by atoms with van der Waals surface area (Å²) in [4.78, 5) is 53.8. The van der Waals surface area contributed by atoms with Gasteiger partial charge < -0.3 is 16.4 Å². The number of benzene rings is 1. The van der Waals surface area contributed by atoms with Gasteiger partial charge in [0.05, 0.1) is 5.69 Å². The lowest BCUT2D eigenvalue weighted by Crippen LogP contribution is -2.99. The summed E-state index contributed by atoms with van der Waals surface area (Å²) in [7, 11) is 0. The van der Waals surface area contributed by atoms with Crippen LogP contribution < -0.4 is 16.4 Å². The zero-order chi connectivity index (χ0) is 21.8. The van der Waals surface area contributed by atoms with Crippen molar-refractivity contribution in [3.8, 4) is 0 Å². The average molecular weight is 426 g/mol. The van der Waals surface area contributed by atoms with Gasteiger partial charge in [0.1, 0.15) is 17.9 Å². The summed E-state index contributed by atoms with van der Waals surface area (Å²) in [6.45, 7) is 0. The maximum Gasteiger partial charge on any atom is 0.291 e. The number of carbonyl (C=O) groups excluding carboxylic acids is 4. The van der Waals surface area contributed by atoms with Crippen molar-refractivity contribution in [1.29, 1.82) is 0 Å². The number of quaternary nitrogens is 1. The van der Waals surface area contributed by atoms with Crippen molar-refractivity contribution in [2.45, 2.75) is 69.0 Å². The van der Waals surface area contributed by atoms with Crippen LogP contribution in [-0.2, 0) is 24.7 Å². The Morgan fingerprint density at radius 2 is 1.81 bits per heavy atom. The van der Waals surface area contributed by atoms with Crippen molar-refractivity contribution in [2.75, 3.05) is 5.32 Å². The van der Waals surface area contributed by atoms with Crippen LogP contribution in [0.4, 0.5) is 5.69 Å². The molecule has 4 aliphatic rings. The summed E-state index contributed by atoms with van der Waals surface area (Å²) in [6, 6.07) is 6.94. The molecule has 4 atom stereocenters. The van der Waals surface area contributed by atoms with E-state index >= 15 is 0 Å². The molecular weight excluding hydrogens is 396 g/mol. The number of rotatable bonds is 4. The molecule has 5 rings (SSSR count). The van der Waals surface area contributed by atoms with Crippen LogP contribution in [0.1, 0.15) is 56.9 Å². The average Bonchev–Trinajstić information content (AvgIpc) is 3.21. The number of likely N-dealkylation sites (tertiary alicyclic amines) is 1. The number of carbonyl (C=O) groups is 4. The van der Waals surface area contributed by atoms with E-state index in [4.69, 9.17) is 5.73 Å². The molecule has 1 aromatic carbocycles. The maximum absolute atomic E-state index is 13.8. The number of anilines is 1. The zero-order valence-corrected chi connectivity index (χ0v) is 17.5. The first kappa shape index (κ1) is 20.2. The normalized spacial score (nSPS) is 32.8. The minimum atomic E-state index is -1.17. The third-order valence-electron chi connectivity index (χ3n) is 7.72. The topological polar surface area (TPSA) is 126 Å². The van der Waals surface area contributed by atoms with Crippen LogP contribution in [0.5, 0.6) is 0 Å². The van der Waals surface area contributed by atoms with Crippen molar-refractivity contribution in [2.24, 2.45) is 17.6 Å². The second kappa shape index (κ2) is 7.44. The Morgan fingerprint density at radius 1 is 1.10 bits per heavy atom. The Bertz CT molecular complexity index is 955. The lowest BCUT2D eigenvalue weighted by atomic mass is 9.76. The Labute approximate surface area is 180 Å². The van der Waals surface area contributed by atoms with E-state index in [0.29, 0.717) is 12.1 Å². The second-order valence-electron chi connectivity index (χ2n) is 9.40. The van der Waals surface area contributed by atoms with Crippen LogP contribution in [0.2, 0.25) is 0 Å². The molecule has 8 heteroatoms. The Balaban J connectivity index is 1.58. The summed E-state index contributed by atoms with van der Waals surface area (Å²) in [5.74, 6) is -2.49. The van der Waals surface area contributed by atoms with Gasteiger partial charge in [-0.15, -0.1) is 0 Å². The zero-order valence-electron chi connectivity index (χ0n) is 17.5. The number of nitrogens with zero attached hydrogens (tertiary/aromatic N) is 1. The highest BCUT2D eigenvalue weighted by Crippen LogP contribution is 2.50. The van der Waals surface area contributed by atoms with Gasteiger partial charge in [0.2, 0.25) is 23.3 Å². The monoisotopic (exact) mass is 425 g/mol. The molecule has 3 heterocycles. The first-order valence-electron chi connectivity index (χ1n) is 11.4. The molecule has 5 N–H and O–H groups in total. The van der Waals surface area contributed by atoms with Crippen LogP contribution in [-0.4, -0.2) is 40.6 Å². The highest BCUT2D eigenvalue weighted by atomic mass is 16.2. The molecule has 31 heavy (non-hydrogen) atoms. The van der Waals surface area contributed by atoms with E-state index in [1.807, 2.05) is 29.6 Å². The summed E-state index contributed by atoms with van der Waals surface area (Å²) in [5.41, 5.74) is 5.65. The number of primary amides is 1. The van der Waals surface area contributed by atoms with Crippen molar-refractivity contribution in [1.82, 2.24) is 4.90 Å². The fraction of sp³-hybridized carbons (Fsp3) is 0.565. The first-order valence-corrected chi connectivity index (χ1v) is 11.4. The van der Waals surface area contributed by atoms with Gasteiger partial charge in [-0.25, -0.2) is 0 Å². The molecule has 8 nitrogen and oxygen atoms in total. The number of fused-ring (bicyclic) bond motifs is 4. The predicted octanol–water partition coefficient (Wildman–Crippen LogP) is 0.369. The number of imide groups is 1. The molecule has 1 saturated carbocycles. The van der Waals surface area contributed by atoms with E-state index in [-0.39, 0.29) is 36.2 Å². The van der Waals surface area contributed by atoms with Crippen LogP contribution >= 0.6 is 0 Å². The SMILES string of the molecule is NC(=O)CC[C@@H]1[NH2+][C@@]2(C(=O)Nc3ccccc32)[C@@H]2C(=O)N(C3CCCCCC3)C(=O)[C@H]12. The minimum Gasteiger partial charge on any atom is -0.370 e. The van der Waals surface area contributed by atoms with Crippen LogP contribution in [0.25, 0.3) is 0 Å². The number of nitrogens with two attached hydrogens (primary N) is 2. The Hall–Kier alpha value is -2.74. The van der Waals surface area contributed by atoms with Crippen LogP contribution in [0.15, 0.2) is 24.3 Å². The van der Waals surface area contributed by atoms with E-state index in [1.165, 1.54) is 4.90 Å². The smallest absolute Gasteiger partial charge is 0.291 e. The van der Waals surface area contributed by atoms with Crippen LogP contribution in [0, 0.1) is 11.8 Å². The number of hydrogen-bond acceptors (Lipinski definition) is 4. The number of para-hydroxylation sites is 1. The molecule has 1 aromatic rings. The van der Waals surface area contributed by atoms with Gasteiger partial charge in [0, 0.05) is 24.4 Å². The summed E-state index contributed by atoms with van der Waals surface area (Å²) in [6.07, 6.45) is 6.37. The van der Waals surface area contributed by atoms with E-state index in [9.17, 15) is 19.2 Å². The van der Waals surface area contributed by atoms with Crippen molar-refractivity contribution >= 4 is 29.3 Å². The summed E-state index contributed by atoms with van der Waals surface area (Å²) >= 11 is 0. The molecule has 0 bridgehead atoms. The number of hydrogen-bond donors (Lipinski definition) is 3. The minimum absolute atomic E-state index is 0.0957. The lowest BCUT2D eigenvalue weighted by molar-refractivity contribution is -0.734. The molecule has 3 aliphatic heterocycles. The third-order valence-corrected chi connectivity index (χ3v) is 7.72. The third kappa shape index (κ3) is 2.91. The quantitative estimate of drug-likeness (QED) is 0.476. The molecular formula is C23H29N4O4+. The number of nitrogens with one attached hydrogen (secondary N) is 1. The van der Waals surface area contributed by atoms with Crippen LogP contribution in [0.3, 0.4) is 0 Å². The van der Waals surface area contributed by atoms with E-state index in [1.54, 1.807) is 0 Å². The van der Waals surface area contributed by atoms with Gasteiger partial charge in [-0.3, -0.25) is 24.1 Å². The van der Waals surface area contributed by atoms with Gasteiger partial charge in [-0.1, -0.05) is 43.9 Å². The molecule has 0 radical (unpaired) electrons. The molecule has 2 saturated heterocycles. The van der Waals surface area contributed by atoms with E-state index in [0.717, 1.165) is 44.1 Å². The fourth-order valence-corrected chi connectivity index (χ4v) is 6.39. The molecule has 4 amide bonds. The lowest BCUT2D eigenvalue weighted by Gasteiger charge is -2.30.